The Morgan fingerprint density at radius 1 is 0.739 bits per heavy atom. The first-order chi connectivity index (χ1) is 21.8. The van der Waals surface area contributed by atoms with Crippen LogP contribution in [-0.4, -0.2) is 9.97 Å². The Morgan fingerprint density at radius 2 is 1.48 bits per heavy atom. The van der Waals surface area contributed by atoms with Crippen LogP contribution in [0.4, 0.5) is 0 Å². The Hall–Kier alpha value is -4.37. The van der Waals surface area contributed by atoms with Crippen molar-refractivity contribution in [1.82, 2.24) is 9.97 Å². The molecule has 4 heteroatoms. The second-order valence-corrected chi connectivity index (χ2v) is 12.5. The summed E-state index contributed by atoms with van der Waals surface area (Å²) in [5.74, 6) is 0.635. The molecule has 0 saturated heterocycles. The molecule has 0 aliphatic rings. The van der Waals surface area contributed by atoms with Crippen molar-refractivity contribution in [3.05, 3.63) is 156 Å². The van der Waals surface area contributed by atoms with Crippen LogP contribution in [-0.2, 0) is 31.9 Å². The fourth-order valence-corrected chi connectivity index (χ4v) is 5.79. The number of aryl methyl sites for hydroxylation is 1. The molecule has 7 aromatic rings. The minimum absolute atomic E-state index is 0. The van der Waals surface area contributed by atoms with E-state index in [9.17, 15) is 0 Å². The molecular formula is C42H38IrN2O-2. The molecule has 0 atom stereocenters. The molecule has 4 aromatic carbocycles. The van der Waals surface area contributed by atoms with Gasteiger partial charge in [-0.2, -0.15) is 0 Å². The zero-order valence-corrected chi connectivity index (χ0v) is 29.4. The number of aromatic nitrogens is 2. The minimum Gasteiger partial charge on any atom is -0.501 e. The number of benzene rings is 4. The Labute approximate surface area is 286 Å². The van der Waals surface area contributed by atoms with Crippen molar-refractivity contribution in [2.24, 2.45) is 5.92 Å². The second kappa shape index (κ2) is 14.4. The van der Waals surface area contributed by atoms with Crippen LogP contribution in [0, 0.1) is 25.0 Å². The standard InChI is InChI=1S/C25H28N.C17H10NO.Ir/c1-18(2)14-21-16-24(26-17-19(21)3)20-10-9-13-23(15-20)25(4,5)22-11-7-6-8-12-22;1-2-10-16-12(6-1)13-7-5-8-14(17(13)19-16)15-9-3-4-11-18-15;/h6-9,11-13,15-18H,14H2,1-5H3;1-7,9-11H;/q2*-1;. The molecule has 0 amide bonds. The van der Waals surface area contributed by atoms with Gasteiger partial charge in [-0.3, -0.25) is 0 Å². The van der Waals surface area contributed by atoms with Crippen molar-refractivity contribution in [3.63, 3.8) is 0 Å². The van der Waals surface area contributed by atoms with Crippen molar-refractivity contribution >= 4 is 21.9 Å². The van der Waals surface area contributed by atoms with Gasteiger partial charge in [0.15, 0.2) is 0 Å². The zero-order chi connectivity index (χ0) is 31.4. The van der Waals surface area contributed by atoms with E-state index < -0.39 is 0 Å². The fraction of sp³-hybridized carbons (Fsp3) is 0.190. The Kier molecular flexibility index (Phi) is 10.3. The van der Waals surface area contributed by atoms with E-state index in [1.807, 2.05) is 60.8 Å². The smallest absolute Gasteiger partial charge is 0.120 e. The third-order valence-corrected chi connectivity index (χ3v) is 8.40. The summed E-state index contributed by atoms with van der Waals surface area (Å²) >= 11 is 0. The summed E-state index contributed by atoms with van der Waals surface area (Å²) in [4.78, 5) is 9.06. The molecule has 0 spiro atoms. The molecule has 0 N–H and O–H groups in total. The van der Waals surface area contributed by atoms with Crippen molar-refractivity contribution in [1.29, 1.82) is 0 Å². The summed E-state index contributed by atoms with van der Waals surface area (Å²) in [5.41, 5.74) is 10.8. The molecule has 3 nitrogen and oxygen atoms in total. The first kappa shape index (κ1) is 33.0. The maximum absolute atomic E-state index is 5.97. The molecule has 233 valence electrons. The van der Waals surface area contributed by atoms with E-state index in [1.165, 1.54) is 22.3 Å². The first-order valence-electron chi connectivity index (χ1n) is 15.6. The zero-order valence-electron chi connectivity index (χ0n) is 27.0. The maximum Gasteiger partial charge on any atom is 0.120 e. The van der Waals surface area contributed by atoms with Gasteiger partial charge in [0.1, 0.15) is 5.58 Å². The van der Waals surface area contributed by atoms with Crippen LogP contribution in [0.2, 0.25) is 0 Å². The monoisotopic (exact) mass is 779 g/mol. The van der Waals surface area contributed by atoms with E-state index in [-0.39, 0.29) is 25.5 Å². The van der Waals surface area contributed by atoms with E-state index in [1.54, 1.807) is 6.20 Å². The molecule has 0 saturated carbocycles. The predicted molar refractivity (Wildman–Crippen MR) is 186 cm³/mol. The van der Waals surface area contributed by atoms with E-state index >= 15 is 0 Å². The van der Waals surface area contributed by atoms with Crippen molar-refractivity contribution in [2.45, 2.75) is 46.5 Å². The topological polar surface area (TPSA) is 38.9 Å². The normalized spacial score (nSPS) is 11.3. The van der Waals surface area contributed by atoms with Gasteiger partial charge in [-0.25, -0.2) is 0 Å². The fourth-order valence-electron chi connectivity index (χ4n) is 5.79. The number of nitrogens with zero attached hydrogens (tertiary/aromatic N) is 2. The average Bonchev–Trinajstić information content (AvgIpc) is 3.46. The number of fused-ring (bicyclic) bond motifs is 3. The number of rotatable bonds is 6. The van der Waals surface area contributed by atoms with Crippen LogP contribution < -0.4 is 0 Å². The third-order valence-electron chi connectivity index (χ3n) is 8.40. The van der Waals surface area contributed by atoms with Gasteiger partial charge in [-0.1, -0.05) is 111 Å². The maximum atomic E-state index is 5.97. The number of para-hydroxylation sites is 1. The molecular weight excluding hydrogens is 741 g/mol. The number of hydrogen-bond acceptors (Lipinski definition) is 3. The minimum atomic E-state index is -0.0590. The molecule has 1 radical (unpaired) electrons. The largest absolute Gasteiger partial charge is 0.501 e. The van der Waals surface area contributed by atoms with Crippen molar-refractivity contribution in [2.75, 3.05) is 0 Å². The van der Waals surface area contributed by atoms with Crippen molar-refractivity contribution in [3.8, 4) is 22.5 Å². The second-order valence-electron chi connectivity index (χ2n) is 12.5. The average molecular weight is 779 g/mol. The number of hydrogen-bond donors (Lipinski definition) is 0. The predicted octanol–water partition coefficient (Wildman–Crippen LogP) is 10.8. The molecule has 0 bridgehead atoms. The Bertz CT molecular complexity index is 2050. The van der Waals surface area contributed by atoms with Gasteiger partial charge in [0.2, 0.25) is 0 Å². The van der Waals surface area contributed by atoms with Gasteiger partial charge in [0, 0.05) is 37.9 Å². The molecule has 0 aliphatic carbocycles. The summed E-state index contributed by atoms with van der Waals surface area (Å²) in [7, 11) is 0. The third kappa shape index (κ3) is 7.04. The van der Waals surface area contributed by atoms with Gasteiger partial charge in [0.25, 0.3) is 0 Å². The van der Waals surface area contributed by atoms with Crippen LogP contribution in [0.3, 0.4) is 0 Å². The van der Waals surface area contributed by atoms with E-state index in [2.05, 4.69) is 111 Å². The van der Waals surface area contributed by atoms with Gasteiger partial charge < -0.3 is 14.4 Å². The van der Waals surface area contributed by atoms with E-state index in [0.29, 0.717) is 5.92 Å². The van der Waals surface area contributed by atoms with Crippen LogP contribution in [0.25, 0.3) is 44.5 Å². The molecule has 0 unspecified atom stereocenters. The summed E-state index contributed by atoms with van der Waals surface area (Å²) in [6.45, 7) is 11.2. The number of furan rings is 1. The Balaban J connectivity index is 0.000000185. The molecule has 0 fully saturated rings. The van der Waals surface area contributed by atoms with Gasteiger partial charge >= 0.3 is 0 Å². The molecule has 3 aromatic heterocycles. The van der Waals surface area contributed by atoms with Gasteiger partial charge in [0.05, 0.1) is 5.58 Å². The van der Waals surface area contributed by atoms with Crippen LogP contribution in [0.5, 0.6) is 0 Å². The first-order valence-corrected chi connectivity index (χ1v) is 15.6. The molecule has 7 rings (SSSR count). The summed E-state index contributed by atoms with van der Waals surface area (Å²) < 4.78 is 5.97. The Morgan fingerprint density at radius 3 is 2.24 bits per heavy atom. The SMILES string of the molecule is Cc1cnc(-c2[c-]ccc(C(C)(C)c3ccccc3)c2)cc1CC(C)C.[Ir].[c-]1ccc2c(oc3ccccc32)c1-c1ccccn1. The van der Waals surface area contributed by atoms with E-state index in [4.69, 9.17) is 4.42 Å². The summed E-state index contributed by atoms with van der Waals surface area (Å²) in [6, 6.07) is 43.8. The van der Waals surface area contributed by atoms with Crippen molar-refractivity contribution < 1.29 is 24.5 Å². The summed E-state index contributed by atoms with van der Waals surface area (Å²) in [6.07, 6.45) is 4.86. The van der Waals surface area contributed by atoms with Crippen LogP contribution in [0.15, 0.2) is 126 Å². The molecule has 46 heavy (non-hydrogen) atoms. The quantitative estimate of drug-likeness (QED) is 0.158. The molecule has 3 heterocycles. The van der Waals surface area contributed by atoms with E-state index in [0.717, 1.165) is 50.9 Å². The van der Waals surface area contributed by atoms with Gasteiger partial charge in [-0.05, 0) is 59.3 Å². The molecule has 0 aliphatic heterocycles. The van der Waals surface area contributed by atoms with Crippen LogP contribution >= 0.6 is 0 Å². The van der Waals surface area contributed by atoms with Gasteiger partial charge in [-0.15, -0.1) is 53.6 Å². The summed E-state index contributed by atoms with van der Waals surface area (Å²) in [5, 5.41) is 2.23. The number of pyridine rings is 2. The van der Waals surface area contributed by atoms with Crippen LogP contribution in [0.1, 0.15) is 49.9 Å².